The third kappa shape index (κ3) is 5.50. The van der Waals surface area contributed by atoms with Crippen LogP contribution in [0.4, 0.5) is 5.82 Å². The Morgan fingerprint density at radius 2 is 2.09 bits per heavy atom. The Hall–Kier alpha value is -1.62. The molecule has 0 aliphatic carbocycles. The van der Waals surface area contributed by atoms with Gasteiger partial charge in [-0.1, -0.05) is 13.8 Å². The molecule has 1 unspecified atom stereocenters. The molecule has 1 amide bonds. The molecule has 128 valence electrons. The van der Waals surface area contributed by atoms with Crippen LogP contribution in [0.15, 0.2) is 18.3 Å². The lowest BCUT2D eigenvalue weighted by atomic mass is 9.95. The average molecular weight is 319 g/mol. The van der Waals surface area contributed by atoms with Gasteiger partial charge in [-0.2, -0.15) is 0 Å². The fraction of sp³-hybridized carbons (Fsp3) is 0.667. The van der Waals surface area contributed by atoms with Crippen molar-refractivity contribution < 1.29 is 9.90 Å². The van der Waals surface area contributed by atoms with Crippen LogP contribution in [-0.2, 0) is 0 Å². The first-order valence-electron chi connectivity index (χ1n) is 8.59. The zero-order chi connectivity index (χ0) is 16.9. The van der Waals surface area contributed by atoms with Gasteiger partial charge in [0.15, 0.2) is 0 Å². The number of amides is 1. The summed E-state index contributed by atoms with van der Waals surface area (Å²) < 4.78 is 0. The van der Waals surface area contributed by atoms with Crippen LogP contribution in [0, 0.1) is 5.92 Å². The first kappa shape index (κ1) is 17.7. The van der Waals surface area contributed by atoms with E-state index in [2.05, 4.69) is 29.0 Å². The van der Waals surface area contributed by atoms with E-state index in [0.29, 0.717) is 17.9 Å². The second kappa shape index (κ2) is 7.77. The number of rotatable bonds is 7. The summed E-state index contributed by atoms with van der Waals surface area (Å²) in [7, 11) is 0. The standard InChI is InChI=1S/C18H29N3O2/c1-14(2)8-9-18(3,23)13-20-17(22)15-6-7-16(19-12-15)21-10-4-5-11-21/h6-7,12,14,23H,4-5,8-11,13H2,1-3H3,(H,20,22). The zero-order valence-electron chi connectivity index (χ0n) is 14.5. The Balaban J connectivity index is 1.85. The van der Waals surface area contributed by atoms with Crippen molar-refractivity contribution in [1.82, 2.24) is 10.3 Å². The summed E-state index contributed by atoms with van der Waals surface area (Å²) in [5, 5.41) is 13.1. The van der Waals surface area contributed by atoms with Crippen LogP contribution in [-0.4, -0.2) is 41.2 Å². The zero-order valence-corrected chi connectivity index (χ0v) is 14.5. The molecular weight excluding hydrogens is 290 g/mol. The molecule has 0 radical (unpaired) electrons. The maximum Gasteiger partial charge on any atom is 0.252 e. The summed E-state index contributed by atoms with van der Waals surface area (Å²) in [6, 6.07) is 3.70. The van der Waals surface area contributed by atoms with Gasteiger partial charge in [0.25, 0.3) is 5.91 Å². The van der Waals surface area contributed by atoms with E-state index in [1.54, 1.807) is 19.2 Å². The summed E-state index contributed by atoms with van der Waals surface area (Å²) in [4.78, 5) is 18.8. The van der Waals surface area contributed by atoms with Gasteiger partial charge in [0.2, 0.25) is 0 Å². The van der Waals surface area contributed by atoms with Crippen molar-refractivity contribution in [3.63, 3.8) is 0 Å². The quantitative estimate of drug-likeness (QED) is 0.811. The second-order valence-electron chi connectivity index (χ2n) is 7.21. The molecule has 1 atom stereocenters. The molecule has 1 fully saturated rings. The Bertz CT molecular complexity index is 506. The van der Waals surface area contributed by atoms with Crippen molar-refractivity contribution in [2.24, 2.45) is 5.92 Å². The van der Waals surface area contributed by atoms with Crippen LogP contribution in [0.25, 0.3) is 0 Å². The Morgan fingerprint density at radius 3 is 2.65 bits per heavy atom. The summed E-state index contributed by atoms with van der Waals surface area (Å²) in [5.41, 5.74) is -0.337. The van der Waals surface area contributed by atoms with Gasteiger partial charge in [-0.3, -0.25) is 4.79 Å². The number of anilines is 1. The lowest BCUT2D eigenvalue weighted by molar-refractivity contribution is 0.0429. The molecule has 1 saturated heterocycles. The van der Waals surface area contributed by atoms with Gasteiger partial charge in [0.05, 0.1) is 11.2 Å². The van der Waals surface area contributed by atoms with E-state index in [9.17, 15) is 9.90 Å². The smallest absolute Gasteiger partial charge is 0.252 e. The van der Waals surface area contributed by atoms with Gasteiger partial charge in [-0.15, -0.1) is 0 Å². The highest BCUT2D eigenvalue weighted by molar-refractivity contribution is 5.94. The highest BCUT2D eigenvalue weighted by atomic mass is 16.3. The maximum absolute atomic E-state index is 12.2. The number of pyridine rings is 1. The van der Waals surface area contributed by atoms with Crippen LogP contribution >= 0.6 is 0 Å². The molecule has 1 aromatic heterocycles. The van der Waals surface area contributed by atoms with E-state index < -0.39 is 5.60 Å². The minimum Gasteiger partial charge on any atom is -0.388 e. The SMILES string of the molecule is CC(C)CCC(C)(O)CNC(=O)c1ccc(N2CCCC2)nc1. The first-order valence-corrected chi connectivity index (χ1v) is 8.59. The second-order valence-corrected chi connectivity index (χ2v) is 7.21. The summed E-state index contributed by atoms with van der Waals surface area (Å²) in [5.74, 6) is 1.29. The normalized spacial score (nSPS) is 17.3. The van der Waals surface area contributed by atoms with Gasteiger partial charge in [-0.05, 0) is 50.7 Å². The molecule has 1 aliphatic heterocycles. The lowest BCUT2D eigenvalue weighted by Gasteiger charge is -2.24. The summed E-state index contributed by atoms with van der Waals surface area (Å²) in [6.07, 6.45) is 5.64. The minimum atomic E-state index is -0.872. The third-order valence-electron chi connectivity index (χ3n) is 4.33. The molecule has 1 aromatic rings. The number of aromatic nitrogens is 1. The monoisotopic (exact) mass is 319 g/mol. The molecule has 0 spiro atoms. The molecule has 23 heavy (non-hydrogen) atoms. The van der Waals surface area contributed by atoms with Crippen LogP contribution < -0.4 is 10.2 Å². The van der Waals surface area contributed by atoms with Crippen molar-refractivity contribution in [1.29, 1.82) is 0 Å². The summed E-state index contributed by atoms with van der Waals surface area (Å²) in [6.45, 7) is 8.36. The van der Waals surface area contributed by atoms with Gasteiger partial charge < -0.3 is 15.3 Å². The topological polar surface area (TPSA) is 65.5 Å². The average Bonchev–Trinajstić information content (AvgIpc) is 3.05. The molecule has 5 nitrogen and oxygen atoms in total. The molecule has 0 bridgehead atoms. The molecule has 2 N–H and O–H groups in total. The van der Waals surface area contributed by atoms with Crippen LogP contribution in [0.3, 0.4) is 0 Å². The molecule has 0 aromatic carbocycles. The van der Waals surface area contributed by atoms with E-state index in [0.717, 1.165) is 25.3 Å². The fourth-order valence-electron chi connectivity index (χ4n) is 2.71. The number of nitrogens with zero attached hydrogens (tertiary/aromatic N) is 2. The van der Waals surface area contributed by atoms with Crippen LogP contribution in [0.5, 0.6) is 0 Å². The number of hydrogen-bond donors (Lipinski definition) is 2. The Kier molecular flexibility index (Phi) is 5.99. The Labute approximate surface area is 139 Å². The van der Waals surface area contributed by atoms with Gasteiger partial charge in [-0.25, -0.2) is 4.98 Å². The Morgan fingerprint density at radius 1 is 1.39 bits per heavy atom. The van der Waals surface area contributed by atoms with Crippen molar-refractivity contribution in [3.05, 3.63) is 23.9 Å². The largest absolute Gasteiger partial charge is 0.388 e. The minimum absolute atomic E-state index is 0.185. The van der Waals surface area contributed by atoms with Crippen molar-refractivity contribution in [3.8, 4) is 0 Å². The van der Waals surface area contributed by atoms with E-state index in [1.807, 2.05) is 6.07 Å². The van der Waals surface area contributed by atoms with Crippen molar-refractivity contribution in [2.75, 3.05) is 24.5 Å². The fourth-order valence-corrected chi connectivity index (χ4v) is 2.71. The van der Waals surface area contributed by atoms with Gasteiger partial charge in [0.1, 0.15) is 5.82 Å². The predicted molar refractivity (Wildman–Crippen MR) is 92.7 cm³/mol. The predicted octanol–water partition coefficient (Wildman–Crippen LogP) is 2.60. The van der Waals surface area contributed by atoms with E-state index in [1.165, 1.54) is 12.8 Å². The highest BCUT2D eigenvalue weighted by Crippen LogP contribution is 2.18. The molecule has 2 heterocycles. The van der Waals surface area contributed by atoms with E-state index in [4.69, 9.17) is 0 Å². The summed E-state index contributed by atoms with van der Waals surface area (Å²) >= 11 is 0. The highest BCUT2D eigenvalue weighted by Gasteiger charge is 2.22. The molecular formula is C18H29N3O2. The van der Waals surface area contributed by atoms with Gasteiger partial charge in [0, 0.05) is 25.8 Å². The number of nitrogens with one attached hydrogen (secondary N) is 1. The molecule has 1 aliphatic rings. The first-order chi connectivity index (χ1) is 10.9. The van der Waals surface area contributed by atoms with Crippen LogP contribution in [0.1, 0.15) is 56.8 Å². The van der Waals surface area contributed by atoms with Crippen molar-refractivity contribution >= 4 is 11.7 Å². The third-order valence-corrected chi connectivity index (χ3v) is 4.33. The number of hydrogen-bond acceptors (Lipinski definition) is 4. The molecule has 5 heteroatoms. The maximum atomic E-state index is 12.2. The molecule has 0 saturated carbocycles. The number of aliphatic hydroxyl groups is 1. The molecule has 2 rings (SSSR count). The van der Waals surface area contributed by atoms with E-state index >= 15 is 0 Å². The van der Waals surface area contributed by atoms with Crippen molar-refractivity contribution in [2.45, 2.75) is 52.1 Å². The number of carbonyl (C=O) groups is 1. The number of carbonyl (C=O) groups excluding carboxylic acids is 1. The van der Waals surface area contributed by atoms with Gasteiger partial charge >= 0.3 is 0 Å². The lowest BCUT2D eigenvalue weighted by Crippen LogP contribution is -2.40. The van der Waals surface area contributed by atoms with Crippen LogP contribution in [0.2, 0.25) is 0 Å². The van der Waals surface area contributed by atoms with E-state index in [-0.39, 0.29) is 12.5 Å².